The summed E-state index contributed by atoms with van der Waals surface area (Å²) in [6.45, 7) is 5.62. The zero-order valence-corrected chi connectivity index (χ0v) is 21.9. The molecular weight excluding hydrogens is 484 g/mol. The zero-order valence-electron chi connectivity index (χ0n) is 21.1. The Labute approximate surface area is 221 Å². The van der Waals surface area contributed by atoms with Gasteiger partial charge in [0, 0.05) is 30.4 Å². The van der Waals surface area contributed by atoms with Crippen LogP contribution in [0.3, 0.4) is 0 Å². The highest BCUT2D eigenvalue weighted by Crippen LogP contribution is 2.40. The van der Waals surface area contributed by atoms with Crippen LogP contribution in [0.25, 0.3) is 0 Å². The Morgan fingerprint density at radius 3 is 2.65 bits per heavy atom. The van der Waals surface area contributed by atoms with E-state index in [4.69, 9.17) is 20.4 Å². The summed E-state index contributed by atoms with van der Waals surface area (Å²) in [5, 5.41) is 12.8. The number of hydrogen-bond donors (Lipinski definition) is 2. The van der Waals surface area contributed by atoms with Crippen molar-refractivity contribution in [3.05, 3.63) is 64.3 Å². The molecule has 2 aliphatic heterocycles. The summed E-state index contributed by atoms with van der Waals surface area (Å²) in [5.74, 6) is 2.51. The number of benzene rings is 2. The first-order valence-corrected chi connectivity index (χ1v) is 13.5. The lowest BCUT2D eigenvalue weighted by molar-refractivity contribution is 0.100. The molecule has 2 aromatic carbocycles. The van der Waals surface area contributed by atoms with Crippen molar-refractivity contribution < 1.29 is 9.53 Å². The van der Waals surface area contributed by atoms with E-state index in [0.717, 1.165) is 77.7 Å². The first-order valence-electron chi connectivity index (χ1n) is 12.6. The molecule has 0 unspecified atom stereocenters. The van der Waals surface area contributed by atoms with Crippen LogP contribution in [0.1, 0.15) is 52.0 Å². The van der Waals surface area contributed by atoms with Gasteiger partial charge in [-0.2, -0.15) is 10.2 Å². The number of hydrogen-bond acceptors (Lipinski definition) is 8. The van der Waals surface area contributed by atoms with Gasteiger partial charge in [-0.25, -0.2) is 4.98 Å². The van der Waals surface area contributed by atoms with Crippen LogP contribution in [-0.2, 0) is 6.42 Å². The summed E-state index contributed by atoms with van der Waals surface area (Å²) in [4.78, 5) is 24.5. The Balaban J connectivity index is 1.33. The number of nitriles is 1. The predicted molar refractivity (Wildman–Crippen MR) is 146 cm³/mol. The Morgan fingerprint density at radius 2 is 1.95 bits per heavy atom. The zero-order chi connectivity index (χ0) is 25.9. The number of fused-ring (bicyclic) bond motifs is 1. The molecule has 190 valence electrons. The molecule has 3 aromatic rings. The number of carbonyl (C=O) groups is 1. The van der Waals surface area contributed by atoms with E-state index < -0.39 is 5.91 Å². The summed E-state index contributed by atoms with van der Waals surface area (Å²) in [6.07, 6.45) is 3.81. The molecule has 9 heteroatoms. The van der Waals surface area contributed by atoms with Crippen LogP contribution in [0.4, 0.5) is 11.6 Å². The summed E-state index contributed by atoms with van der Waals surface area (Å²) in [7, 11) is 0. The van der Waals surface area contributed by atoms with Crippen LogP contribution in [-0.4, -0.2) is 40.8 Å². The smallest absolute Gasteiger partial charge is 0.248 e. The molecule has 0 spiro atoms. The van der Waals surface area contributed by atoms with Crippen LogP contribution in [0.15, 0.2) is 41.3 Å². The van der Waals surface area contributed by atoms with Gasteiger partial charge in [-0.3, -0.25) is 4.79 Å². The number of anilines is 2. The van der Waals surface area contributed by atoms with Crippen molar-refractivity contribution in [1.82, 2.24) is 9.97 Å². The summed E-state index contributed by atoms with van der Waals surface area (Å²) >= 11 is 1.74. The molecule has 1 aromatic heterocycles. The highest BCUT2D eigenvalue weighted by atomic mass is 32.2. The second-order valence-corrected chi connectivity index (χ2v) is 10.7. The van der Waals surface area contributed by atoms with Gasteiger partial charge in [-0.1, -0.05) is 6.07 Å². The number of thioether (sulfide) groups is 1. The largest absolute Gasteiger partial charge is 0.437 e. The first-order chi connectivity index (χ1) is 17.9. The van der Waals surface area contributed by atoms with E-state index in [1.807, 2.05) is 44.2 Å². The fraction of sp³-hybridized carbons (Fsp3) is 0.357. The number of piperidine rings is 1. The van der Waals surface area contributed by atoms with Crippen molar-refractivity contribution >= 4 is 29.3 Å². The van der Waals surface area contributed by atoms with Crippen LogP contribution in [0, 0.1) is 25.2 Å². The quantitative estimate of drug-likeness (QED) is 0.473. The topological polar surface area (TPSA) is 117 Å². The Hall–Kier alpha value is -3.77. The number of nitrogens with zero attached hydrogens (tertiary/aromatic N) is 4. The Morgan fingerprint density at radius 1 is 1.19 bits per heavy atom. The van der Waals surface area contributed by atoms with E-state index in [9.17, 15) is 10.1 Å². The van der Waals surface area contributed by atoms with Gasteiger partial charge in [0.25, 0.3) is 0 Å². The molecule has 1 fully saturated rings. The maximum atomic E-state index is 11.6. The number of carbonyl (C=O) groups excluding carboxylic acids is 1. The number of amides is 1. The van der Waals surface area contributed by atoms with Gasteiger partial charge in [-0.05, 0) is 86.7 Å². The Kier molecular flexibility index (Phi) is 7.19. The molecule has 2 aliphatic rings. The van der Waals surface area contributed by atoms with E-state index in [1.54, 1.807) is 17.8 Å². The summed E-state index contributed by atoms with van der Waals surface area (Å²) < 4.78 is 6.41. The average molecular weight is 515 g/mol. The first kappa shape index (κ1) is 24.9. The SMILES string of the molecule is Cc1cc(C#N)cc(C)c1Oc1nc(NC2CCN(c3cccc(C(N)=O)c3)CC2)nc2c1SCCC2. The van der Waals surface area contributed by atoms with E-state index in [1.165, 1.54) is 0 Å². The predicted octanol–water partition coefficient (Wildman–Crippen LogP) is 4.98. The molecule has 3 heterocycles. The molecule has 0 saturated carbocycles. The average Bonchev–Trinajstić information content (AvgIpc) is 2.91. The number of primary amides is 1. The van der Waals surface area contributed by atoms with Crippen molar-refractivity contribution in [2.24, 2.45) is 5.73 Å². The lowest BCUT2D eigenvalue weighted by Crippen LogP contribution is -2.39. The lowest BCUT2D eigenvalue weighted by atomic mass is 10.0. The van der Waals surface area contributed by atoms with Crippen molar-refractivity contribution in [2.45, 2.75) is 50.5 Å². The molecule has 0 radical (unpaired) electrons. The van der Waals surface area contributed by atoms with Crippen molar-refractivity contribution in [1.29, 1.82) is 5.26 Å². The number of ether oxygens (including phenoxy) is 1. The fourth-order valence-electron chi connectivity index (χ4n) is 4.93. The van der Waals surface area contributed by atoms with Crippen LogP contribution in [0.2, 0.25) is 0 Å². The van der Waals surface area contributed by atoms with Crippen LogP contribution < -0.4 is 20.7 Å². The van der Waals surface area contributed by atoms with Crippen molar-refractivity contribution in [3.8, 4) is 17.7 Å². The molecule has 37 heavy (non-hydrogen) atoms. The molecule has 3 N–H and O–H groups in total. The summed E-state index contributed by atoms with van der Waals surface area (Å²) in [5.41, 5.74) is 10.5. The third-order valence-electron chi connectivity index (χ3n) is 6.82. The molecule has 0 bridgehead atoms. The van der Waals surface area contributed by atoms with E-state index in [2.05, 4.69) is 16.3 Å². The third-order valence-corrected chi connectivity index (χ3v) is 8.01. The molecule has 1 amide bonds. The van der Waals surface area contributed by atoms with Gasteiger partial charge in [-0.15, -0.1) is 11.8 Å². The lowest BCUT2D eigenvalue weighted by Gasteiger charge is -2.34. The second kappa shape index (κ2) is 10.7. The second-order valence-electron chi connectivity index (χ2n) is 9.55. The molecular formula is C28H30N6O2S. The number of nitrogens with two attached hydrogens (primary N) is 1. The van der Waals surface area contributed by atoms with Crippen LogP contribution in [0.5, 0.6) is 11.6 Å². The van der Waals surface area contributed by atoms with Gasteiger partial charge < -0.3 is 20.7 Å². The number of nitrogens with one attached hydrogen (secondary N) is 1. The monoisotopic (exact) mass is 514 g/mol. The van der Waals surface area contributed by atoms with Crippen molar-refractivity contribution in [2.75, 3.05) is 29.1 Å². The van der Waals surface area contributed by atoms with Gasteiger partial charge in [0.2, 0.25) is 17.7 Å². The normalized spacial score (nSPS) is 15.5. The highest BCUT2D eigenvalue weighted by Gasteiger charge is 2.25. The van der Waals surface area contributed by atoms with Gasteiger partial charge >= 0.3 is 0 Å². The van der Waals surface area contributed by atoms with E-state index in [0.29, 0.717) is 23.0 Å². The van der Waals surface area contributed by atoms with E-state index >= 15 is 0 Å². The maximum Gasteiger partial charge on any atom is 0.248 e. The molecule has 5 rings (SSSR count). The minimum atomic E-state index is -0.412. The molecule has 1 saturated heterocycles. The molecule has 0 atom stereocenters. The molecule has 0 aliphatic carbocycles. The minimum Gasteiger partial charge on any atom is -0.437 e. The van der Waals surface area contributed by atoms with E-state index in [-0.39, 0.29) is 6.04 Å². The third kappa shape index (κ3) is 5.49. The number of aryl methyl sites for hydroxylation is 3. The van der Waals surface area contributed by atoms with Gasteiger partial charge in [0.15, 0.2) is 0 Å². The fourth-order valence-corrected chi connectivity index (χ4v) is 5.95. The standard InChI is InChI=1S/C28H30N6O2S/c1-17-13-19(16-29)14-18(2)24(17)36-27-25-23(7-4-12-37-25)32-28(33-27)31-21-8-10-34(11-9-21)22-6-3-5-20(15-22)26(30)35/h3,5-6,13-15,21H,4,7-12H2,1-2H3,(H2,30,35)(H,31,32,33). The van der Waals surface area contributed by atoms with Crippen molar-refractivity contribution in [3.63, 3.8) is 0 Å². The Bertz CT molecular complexity index is 1350. The minimum absolute atomic E-state index is 0.233. The van der Waals surface area contributed by atoms with Crippen LogP contribution >= 0.6 is 11.8 Å². The molecule has 8 nitrogen and oxygen atoms in total. The van der Waals surface area contributed by atoms with Gasteiger partial charge in [0.1, 0.15) is 5.75 Å². The number of aromatic nitrogens is 2. The maximum absolute atomic E-state index is 11.6. The number of rotatable bonds is 6. The summed E-state index contributed by atoms with van der Waals surface area (Å²) in [6, 6.07) is 13.6. The van der Waals surface area contributed by atoms with Gasteiger partial charge in [0.05, 0.1) is 22.2 Å². The highest BCUT2D eigenvalue weighted by molar-refractivity contribution is 7.99.